The molecular formula is C20H22N2O3. The third-order valence-corrected chi connectivity index (χ3v) is 4.26. The van der Waals surface area contributed by atoms with Crippen LogP contribution in [0.1, 0.15) is 43.6 Å². The fourth-order valence-electron chi connectivity index (χ4n) is 2.77. The van der Waals surface area contributed by atoms with Gasteiger partial charge in [-0.05, 0) is 42.2 Å². The summed E-state index contributed by atoms with van der Waals surface area (Å²) in [6.07, 6.45) is 0. The van der Waals surface area contributed by atoms with Gasteiger partial charge >= 0.3 is 5.76 Å². The van der Waals surface area contributed by atoms with Crippen molar-refractivity contribution in [1.29, 1.82) is 0 Å². The van der Waals surface area contributed by atoms with Crippen molar-refractivity contribution >= 4 is 22.7 Å². The molecule has 0 unspecified atom stereocenters. The summed E-state index contributed by atoms with van der Waals surface area (Å²) >= 11 is 0. The van der Waals surface area contributed by atoms with E-state index in [4.69, 9.17) is 4.42 Å². The van der Waals surface area contributed by atoms with E-state index in [1.54, 1.807) is 22.8 Å². The third kappa shape index (κ3) is 3.36. The lowest BCUT2D eigenvalue weighted by atomic mass is 9.87. The summed E-state index contributed by atoms with van der Waals surface area (Å²) in [6, 6.07) is 12.8. The van der Waals surface area contributed by atoms with E-state index < -0.39 is 5.76 Å². The molecule has 0 radical (unpaired) electrons. The highest BCUT2D eigenvalue weighted by atomic mass is 16.4. The zero-order valence-electron chi connectivity index (χ0n) is 14.9. The average Bonchev–Trinajstić information content (AvgIpc) is 2.88. The van der Waals surface area contributed by atoms with Crippen LogP contribution in [-0.2, 0) is 12.0 Å². The fourth-order valence-corrected chi connectivity index (χ4v) is 2.77. The molecular weight excluding hydrogens is 316 g/mol. The number of nitrogens with one attached hydrogen (secondary N) is 1. The smallest absolute Gasteiger partial charge is 0.408 e. The van der Waals surface area contributed by atoms with E-state index >= 15 is 0 Å². The van der Waals surface area contributed by atoms with Gasteiger partial charge in [0, 0.05) is 23.9 Å². The van der Waals surface area contributed by atoms with Gasteiger partial charge in [0.2, 0.25) is 0 Å². The summed E-state index contributed by atoms with van der Waals surface area (Å²) in [5.74, 6) is -0.587. The minimum absolute atomic E-state index is 0.0457. The molecule has 0 aliphatic rings. The summed E-state index contributed by atoms with van der Waals surface area (Å²) in [7, 11) is 0. The highest BCUT2D eigenvalue weighted by molar-refractivity contribution is 6.04. The largest absolute Gasteiger partial charge is 0.419 e. The summed E-state index contributed by atoms with van der Waals surface area (Å²) in [5, 5.41) is 2.85. The molecule has 2 aromatic carbocycles. The molecule has 1 heterocycles. The lowest BCUT2D eigenvalue weighted by Crippen LogP contribution is -2.14. The zero-order chi connectivity index (χ0) is 18.2. The first kappa shape index (κ1) is 17.0. The third-order valence-electron chi connectivity index (χ3n) is 4.26. The molecule has 1 amide bonds. The Labute approximate surface area is 146 Å². The maximum Gasteiger partial charge on any atom is 0.419 e. The standard InChI is InChI=1S/C20H22N2O3/c1-5-22-16-11-10-15(12-17(16)25-19(22)24)21-18(23)13-6-8-14(9-7-13)20(2,3)4/h6-12H,5H2,1-4H3,(H,21,23). The number of aromatic nitrogens is 1. The quantitative estimate of drug-likeness (QED) is 0.780. The Kier molecular flexibility index (Phi) is 4.25. The number of fused-ring (bicyclic) bond motifs is 1. The Balaban J connectivity index is 1.83. The number of hydrogen-bond acceptors (Lipinski definition) is 3. The number of carbonyl (C=O) groups excluding carboxylic acids is 1. The maximum absolute atomic E-state index is 12.4. The summed E-state index contributed by atoms with van der Waals surface area (Å²) in [6.45, 7) is 8.82. The van der Waals surface area contributed by atoms with E-state index in [0.717, 1.165) is 5.52 Å². The molecule has 3 rings (SSSR count). The average molecular weight is 338 g/mol. The molecule has 0 aliphatic heterocycles. The predicted molar refractivity (Wildman–Crippen MR) is 99.2 cm³/mol. The molecule has 130 valence electrons. The first-order valence-corrected chi connectivity index (χ1v) is 8.35. The van der Waals surface area contributed by atoms with Crippen LogP contribution in [0.5, 0.6) is 0 Å². The van der Waals surface area contributed by atoms with Crippen molar-refractivity contribution in [2.75, 3.05) is 5.32 Å². The molecule has 0 fully saturated rings. The highest BCUT2D eigenvalue weighted by Gasteiger charge is 2.15. The van der Waals surface area contributed by atoms with Gasteiger partial charge in [-0.25, -0.2) is 4.79 Å². The molecule has 1 N–H and O–H groups in total. The van der Waals surface area contributed by atoms with E-state index in [-0.39, 0.29) is 11.3 Å². The van der Waals surface area contributed by atoms with Gasteiger partial charge in [-0.15, -0.1) is 0 Å². The van der Waals surface area contributed by atoms with Gasteiger partial charge in [0.25, 0.3) is 5.91 Å². The minimum atomic E-state index is -0.390. The Morgan fingerprint density at radius 3 is 2.40 bits per heavy atom. The van der Waals surface area contributed by atoms with Gasteiger partial charge in [0.05, 0.1) is 5.52 Å². The molecule has 0 bridgehead atoms. The van der Waals surface area contributed by atoms with Crippen molar-refractivity contribution in [2.24, 2.45) is 0 Å². The van der Waals surface area contributed by atoms with Crippen LogP contribution >= 0.6 is 0 Å². The monoisotopic (exact) mass is 338 g/mol. The van der Waals surface area contributed by atoms with Crippen molar-refractivity contribution in [3.63, 3.8) is 0 Å². The number of hydrogen-bond donors (Lipinski definition) is 1. The Hall–Kier alpha value is -2.82. The van der Waals surface area contributed by atoms with Crippen LogP contribution in [0.4, 0.5) is 5.69 Å². The molecule has 0 atom stereocenters. The van der Waals surface area contributed by atoms with E-state index in [9.17, 15) is 9.59 Å². The Bertz CT molecular complexity index is 973. The van der Waals surface area contributed by atoms with Crippen molar-refractivity contribution < 1.29 is 9.21 Å². The van der Waals surface area contributed by atoms with Gasteiger partial charge in [-0.3, -0.25) is 9.36 Å². The summed E-state index contributed by atoms with van der Waals surface area (Å²) in [5.41, 5.74) is 3.58. The van der Waals surface area contributed by atoms with Gasteiger partial charge in [-0.1, -0.05) is 32.9 Å². The van der Waals surface area contributed by atoms with Crippen LogP contribution in [-0.4, -0.2) is 10.5 Å². The number of nitrogens with zero attached hydrogens (tertiary/aromatic N) is 1. The van der Waals surface area contributed by atoms with Crippen LogP contribution in [0.15, 0.2) is 51.7 Å². The number of carbonyl (C=O) groups is 1. The maximum atomic E-state index is 12.4. The second-order valence-electron chi connectivity index (χ2n) is 7.08. The van der Waals surface area contributed by atoms with E-state index in [1.807, 2.05) is 31.2 Å². The number of aryl methyl sites for hydroxylation is 1. The van der Waals surface area contributed by atoms with Crippen molar-refractivity contribution in [2.45, 2.75) is 39.7 Å². The molecule has 3 aromatic rings. The molecule has 25 heavy (non-hydrogen) atoms. The normalized spacial score (nSPS) is 11.7. The number of amides is 1. The van der Waals surface area contributed by atoms with Crippen LogP contribution < -0.4 is 11.1 Å². The highest BCUT2D eigenvalue weighted by Crippen LogP contribution is 2.23. The van der Waals surface area contributed by atoms with Gasteiger partial charge < -0.3 is 9.73 Å². The fraction of sp³-hybridized carbons (Fsp3) is 0.300. The van der Waals surface area contributed by atoms with E-state index in [1.165, 1.54) is 5.56 Å². The van der Waals surface area contributed by atoms with Crippen molar-refractivity contribution in [3.05, 3.63) is 64.1 Å². The lowest BCUT2D eigenvalue weighted by Gasteiger charge is -2.19. The van der Waals surface area contributed by atoms with Gasteiger partial charge in [0.15, 0.2) is 5.58 Å². The summed E-state index contributed by atoms with van der Waals surface area (Å²) in [4.78, 5) is 24.2. The topological polar surface area (TPSA) is 64.2 Å². The van der Waals surface area contributed by atoms with E-state index in [2.05, 4.69) is 26.1 Å². The lowest BCUT2D eigenvalue weighted by molar-refractivity contribution is 0.102. The van der Waals surface area contributed by atoms with Crippen LogP contribution in [0.25, 0.3) is 11.1 Å². The van der Waals surface area contributed by atoms with E-state index in [0.29, 0.717) is 23.4 Å². The number of anilines is 1. The van der Waals surface area contributed by atoms with Crippen molar-refractivity contribution in [1.82, 2.24) is 4.57 Å². The molecule has 0 saturated heterocycles. The SMILES string of the molecule is CCn1c(=O)oc2cc(NC(=O)c3ccc(C(C)(C)C)cc3)ccc21. The first-order chi connectivity index (χ1) is 11.8. The predicted octanol–water partition coefficient (Wildman–Crippen LogP) is 4.16. The molecule has 0 spiro atoms. The van der Waals surface area contributed by atoms with Gasteiger partial charge in [-0.2, -0.15) is 0 Å². The molecule has 0 aliphatic carbocycles. The second-order valence-corrected chi connectivity index (χ2v) is 7.08. The summed E-state index contributed by atoms with van der Waals surface area (Å²) < 4.78 is 6.77. The van der Waals surface area contributed by atoms with Crippen LogP contribution in [0.2, 0.25) is 0 Å². The Morgan fingerprint density at radius 2 is 1.80 bits per heavy atom. The number of benzene rings is 2. The van der Waals surface area contributed by atoms with Gasteiger partial charge in [0.1, 0.15) is 0 Å². The number of rotatable bonds is 3. The second kappa shape index (κ2) is 6.24. The molecule has 5 nitrogen and oxygen atoms in total. The number of oxazole rings is 1. The molecule has 5 heteroatoms. The Morgan fingerprint density at radius 1 is 1.12 bits per heavy atom. The van der Waals surface area contributed by atoms with Crippen molar-refractivity contribution in [3.8, 4) is 0 Å². The van der Waals surface area contributed by atoms with Crippen LogP contribution in [0, 0.1) is 0 Å². The minimum Gasteiger partial charge on any atom is -0.408 e. The molecule has 0 saturated carbocycles. The first-order valence-electron chi connectivity index (χ1n) is 8.35. The zero-order valence-corrected chi connectivity index (χ0v) is 14.9. The molecule has 1 aromatic heterocycles. The van der Waals surface area contributed by atoms with Crippen LogP contribution in [0.3, 0.4) is 0 Å².